The molecule has 0 aromatic rings. The standard InChI is InChI=1S/C13H26N2O/c1-11-12(4-9-16-11)15(3)10-13(2)5-7-14-8-6-13/h11-12,14H,4-10H2,1-3H3. The van der Waals surface area contributed by atoms with Crippen LogP contribution in [0.2, 0.25) is 0 Å². The van der Waals surface area contributed by atoms with Gasteiger partial charge in [-0.05, 0) is 51.7 Å². The summed E-state index contributed by atoms with van der Waals surface area (Å²) in [5.41, 5.74) is 0.502. The number of ether oxygens (including phenoxy) is 1. The minimum atomic E-state index is 0.412. The molecule has 0 saturated carbocycles. The van der Waals surface area contributed by atoms with Gasteiger partial charge in [0.05, 0.1) is 6.10 Å². The molecule has 2 heterocycles. The second kappa shape index (κ2) is 5.03. The molecule has 94 valence electrons. The first-order valence-electron chi connectivity index (χ1n) is 6.63. The van der Waals surface area contributed by atoms with Crippen molar-refractivity contribution >= 4 is 0 Å². The Hall–Kier alpha value is -0.120. The molecule has 0 bridgehead atoms. The summed E-state index contributed by atoms with van der Waals surface area (Å²) in [5.74, 6) is 0. The van der Waals surface area contributed by atoms with Crippen LogP contribution in [0.3, 0.4) is 0 Å². The Bertz CT molecular complexity index is 226. The summed E-state index contributed by atoms with van der Waals surface area (Å²) >= 11 is 0. The Morgan fingerprint density at radius 1 is 1.38 bits per heavy atom. The summed E-state index contributed by atoms with van der Waals surface area (Å²) < 4.78 is 5.65. The quantitative estimate of drug-likeness (QED) is 0.789. The minimum Gasteiger partial charge on any atom is -0.377 e. The summed E-state index contributed by atoms with van der Waals surface area (Å²) in [4.78, 5) is 2.53. The van der Waals surface area contributed by atoms with E-state index in [-0.39, 0.29) is 0 Å². The molecule has 2 saturated heterocycles. The van der Waals surface area contributed by atoms with Crippen LogP contribution in [0.25, 0.3) is 0 Å². The van der Waals surface area contributed by atoms with E-state index < -0.39 is 0 Å². The molecule has 0 amide bonds. The third-order valence-corrected chi connectivity index (χ3v) is 4.34. The van der Waals surface area contributed by atoms with Gasteiger partial charge in [-0.3, -0.25) is 0 Å². The normalized spacial score (nSPS) is 34.5. The molecule has 2 unspecified atom stereocenters. The molecule has 2 rings (SSSR count). The number of nitrogens with zero attached hydrogens (tertiary/aromatic N) is 1. The molecule has 0 aliphatic carbocycles. The van der Waals surface area contributed by atoms with Crippen molar-refractivity contribution in [2.45, 2.75) is 45.3 Å². The highest BCUT2D eigenvalue weighted by atomic mass is 16.5. The molecule has 2 atom stereocenters. The highest BCUT2D eigenvalue weighted by Crippen LogP contribution is 2.30. The predicted octanol–water partition coefficient (Wildman–Crippen LogP) is 1.49. The molecule has 0 aromatic carbocycles. The Morgan fingerprint density at radius 3 is 2.62 bits per heavy atom. The van der Waals surface area contributed by atoms with Crippen molar-refractivity contribution in [3.8, 4) is 0 Å². The number of hydrogen-bond acceptors (Lipinski definition) is 3. The van der Waals surface area contributed by atoms with E-state index in [1.807, 2.05) is 0 Å². The van der Waals surface area contributed by atoms with Gasteiger partial charge in [-0.2, -0.15) is 0 Å². The molecule has 0 aromatic heterocycles. The van der Waals surface area contributed by atoms with Gasteiger partial charge >= 0.3 is 0 Å². The van der Waals surface area contributed by atoms with Crippen molar-refractivity contribution in [1.82, 2.24) is 10.2 Å². The largest absolute Gasteiger partial charge is 0.377 e. The van der Waals surface area contributed by atoms with Crippen LogP contribution >= 0.6 is 0 Å². The van der Waals surface area contributed by atoms with E-state index >= 15 is 0 Å². The number of likely N-dealkylation sites (N-methyl/N-ethyl adjacent to an activating group) is 1. The summed E-state index contributed by atoms with van der Waals surface area (Å²) in [7, 11) is 2.27. The monoisotopic (exact) mass is 226 g/mol. The van der Waals surface area contributed by atoms with Gasteiger partial charge in [-0.25, -0.2) is 0 Å². The minimum absolute atomic E-state index is 0.412. The highest BCUT2D eigenvalue weighted by molar-refractivity contribution is 4.87. The molecular weight excluding hydrogens is 200 g/mol. The zero-order chi connectivity index (χ0) is 11.6. The van der Waals surface area contributed by atoms with E-state index in [9.17, 15) is 0 Å². The van der Waals surface area contributed by atoms with E-state index in [4.69, 9.17) is 4.74 Å². The molecule has 2 fully saturated rings. The third-order valence-electron chi connectivity index (χ3n) is 4.34. The van der Waals surface area contributed by atoms with Crippen molar-refractivity contribution in [2.75, 3.05) is 33.3 Å². The van der Waals surface area contributed by atoms with Crippen LogP contribution in [0.5, 0.6) is 0 Å². The fourth-order valence-electron chi connectivity index (χ4n) is 3.21. The van der Waals surface area contributed by atoms with Crippen LogP contribution < -0.4 is 5.32 Å². The van der Waals surface area contributed by atoms with Crippen LogP contribution in [0.1, 0.15) is 33.1 Å². The Balaban J connectivity index is 1.87. The van der Waals surface area contributed by atoms with Gasteiger partial charge in [-0.15, -0.1) is 0 Å². The maximum absolute atomic E-state index is 5.65. The van der Waals surface area contributed by atoms with Crippen molar-refractivity contribution in [2.24, 2.45) is 5.41 Å². The summed E-state index contributed by atoms with van der Waals surface area (Å²) in [6, 6.07) is 0.631. The second-order valence-corrected chi connectivity index (χ2v) is 5.91. The molecule has 0 spiro atoms. The zero-order valence-electron chi connectivity index (χ0n) is 11.0. The third kappa shape index (κ3) is 2.76. The SMILES string of the molecule is CC1OCCC1N(C)CC1(C)CCNCC1. The van der Waals surface area contributed by atoms with E-state index in [0.29, 0.717) is 17.6 Å². The van der Waals surface area contributed by atoms with Crippen LogP contribution in [0.4, 0.5) is 0 Å². The van der Waals surface area contributed by atoms with E-state index in [1.165, 1.54) is 38.9 Å². The predicted molar refractivity (Wildman–Crippen MR) is 66.7 cm³/mol. The lowest BCUT2D eigenvalue weighted by Gasteiger charge is -2.39. The average molecular weight is 226 g/mol. The van der Waals surface area contributed by atoms with Crippen LogP contribution in [0, 0.1) is 5.41 Å². The number of hydrogen-bond donors (Lipinski definition) is 1. The van der Waals surface area contributed by atoms with E-state index in [2.05, 4.69) is 31.1 Å². The zero-order valence-corrected chi connectivity index (χ0v) is 11.0. The summed E-state index contributed by atoms with van der Waals surface area (Å²) in [6.45, 7) is 9.16. The first kappa shape index (κ1) is 12.3. The van der Waals surface area contributed by atoms with Gasteiger partial charge in [0.25, 0.3) is 0 Å². The van der Waals surface area contributed by atoms with E-state index in [1.54, 1.807) is 0 Å². The number of rotatable bonds is 3. The van der Waals surface area contributed by atoms with Crippen molar-refractivity contribution in [3.63, 3.8) is 0 Å². The topological polar surface area (TPSA) is 24.5 Å². The van der Waals surface area contributed by atoms with Gasteiger partial charge in [0, 0.05) is 19.2 Å². The molecule has 3 nitrogen and oxygen atoms in total. The maximum Gasteiger partial charge on any atom is 0.0702 e. The van der Waals surface area contributed by atoms with Crippen molar-refractivity contribution in [1.29, 1.82) is 0 Å². The Morgan fingerprint density at radius 2 is 2.06 bits per heavy atom. The highest BCUT2D eigenvalue weighted by Gasteiger charge is 2.33. The maximum atomic E-state index is 5.65. The fourth-order valence-corrected chi connectivity index (χ4v) is 3.21. The van der Waals surface area contributed by atoms with Crippen molar-refractivity contribution < 1.29 is 4.74 Å². The Labute approximate surface area is 99.5 Å². The molecule has 1 N–H and O–H groups in total. The summed E-state index contributed by atoms with van der Waals surface area (Å²) in [5, 5.41) is 3.45. The smallest absolute Gasteiger partial charge is 0.0702 e. The van der Waals surface area contributed by atoms with Crippen LogP contribution in [0.15, 0.2) is 0 Å². The van der Waals surface area contributed by atoms with Gasteiger partial charge in [0.1, 0.15) is 0 Å². The van der Waals surface area contributed by atoms with Gasteiger partial charge in [0.15, 0.2) is 0 Å². The summed E-state index contributed by atoms with van der Waals surface area (Å²) in [6.07, 6.45) is 4.22. The molecule has 2 aliphatic rings. The van der Waals surface area contributed by atoms with Gasteiger partial charge in [0.2, 0.25) is 0 Å². The molecule has 3 heteroatoms. The Kier molecular flexibility index (Phi) is 3.88. The number of piperidine rings is 1. The molecular formula is C13H26N2O. The first-order valence-corrected chi connectivity index (χ1v) is 6.63. The first-order chi connectivity index (χ1) is 7.61. The molecule has 16 heavy (non-hydrogen) atoms. The molecule has 2 aliphatic heterocycles. The number of nitrogens with one attached hydrogen (secondary N) is 1. The lowest BCUT2D eigenvalue weighted by molar-refractivity contribution is 0.0588. The van der Waals surface area contributed by atoms with Crippen molar-refractivity contribution in [3.05, 3.63) is 0 Å². The fraction of sp³-hybridized carbons (Fsp3) is 1.00. The lowest BCUT2D eigenvalue weighted by Crippen LogP contribution is -2.46. The van der Waals surface area contributed by atoms with Crippen LogP contribution in [-0.2, 0) is 4.74 Å². The van der Waals surface area contributed by atoms with E-state index in [0.717, 1.165) is 6.61 Å². The lowest BCUT2D eigenvalue weighted by atomic mass is 9.80. The van der Waals surface area contributed by atoms with Gasteiger partial charge in [-0.1, -0.05) is 6.92 Å². The van der Waals surface area contributed by atoms with Crippen LogP contribution in [-0.4, -0.2) is 50.3 Å². The average Bonchev–Trinajstić information content (AvgIpc) is 2.65. The van der Waals surface area contributed by atoms with Gasteiger partial charge < -0.3 is 15.0 Å². The second-order valence-electron chi connectivity index (χ2n) is 5.91. The molecule has 0 radical (unpaired) electrons.